The van der Waals surface area contributed by atoms with Crippen molar-refractivity contribution in [3.63, 3.8) is 0 Å². The fraction of sp³-hybridized carbons (Fsp3) is 0.615. The van der Waals surface area contributed by atoms with E-state index in [9.17, 15) is 14.4 Å². The van der Waals surface area contributed by atoms with E-state index in [-0.39, 0.29) is 29.7 Å². The van der Waals surface area contributed by atoms with E-state index in [0.29, 0.717) is 13.0 Å². The molecule has 1 aliphatic heterocycles. The Bertz CT molecular complexity index is 996. The van der Waals surface area contributed by atoms with Crippen molar-refractivity contribution in [2.24, 2.45) is 11.8 Å². The number of aromatic nitrogens is 2. The lowest BCUT2D eigenvalue weighted by Gasteiger charge is -2.35. The minimum absolute atomic E-state index is 0.143. The molecular weight excluding hydrogens is 432 g/mol. The van der Waals surface area contributed by atoms with Crippen LogP contribution in [-0.4, -0.2) is 51.5 Å². The van der Waals surface area contributed by atoms with Crippen molar-refractivity contribution >= 4 is 11.7 Å². The third kappa shape index (κ3) is 7.13. The van der Waals surface area contributed by atoms with Crippen LogP contribution < -0.4 is 11.1 Å². The summed E-state index contributed by atoms with van der Waals surface area (Å²) < 4.78 is 6.34. The first-order valence-electron chi connectivity index (χ1n) is 12.4. The van der Waals surface area contributed by atoms with E-state index in [4.69, 9.17) is 4.42 Å². The number of ketones is 1. The Morgan fingerprint density at radius 2 is 1.85 bits per heavy atom. The molecule has 186 valence electrons. The number of nitrogens with one attached hydrogen (secondary N) is 1. The molecule has 2 atom stereocenters. The van der Waals surface area contributed by atoms with Crippen molar-refractivity contribution < 1.29 is 14.0 Å². The Morgan fingerprint density at radius 3 is 2.53 bits per heavy atom. The smallest absolute Gasteiger partial charge is 0.384 e. The van der Waals surface area contributed by atoms with Crippen molar-refractivity contribution in [1.82, 2.24) is 20.0 Å². The Balaban J connectivity index is 1.70. The van der Waals surface area contributed by atoms with Gasteiger partial charge in [-0.2, -0.15) is 4.68 Å². The molecule has 1 aliphatic rings. The second-order valence-electron chi connectivity index (χ2n) is 10.1. The molecule has 1 aromatic heterocycles. The highest BCUT2D eigenvalue weighted by Gasteiger charge is 2.33. The van der Waals surface area contributed by atoms with Crippen LogP contribution in [0.2, 0.25) is 0 Å². The number of carbonyl (C=O) groups excluding carboxylic acids is 2. The monoisotopic (exact) mass is 470 g/mol. The SMILES string of the molecule is CC(C)C[C@H](NC(=O)[C@@H]1CCCCN1CCc1ccccc1)C(=O)c1nn(CC(C)C)c(=O)o1. The van der Waals surface area contributed by atoms with Gasteiger partial charge in [0.1, 0.15) is 0 Å². The van der Waals surface area contributed by atoms with Gasteiger partial charge in [0.15, 0.2) is 0 Å². The number of nitrogens with zero attached hydrogens (tertiary/aromatic N) is 3. The maximum Gasteiger partial charge on any atom is 0.437 e. The maximum absolute atomic E-state index is 13.3. The summed E-state index contributed by atoms with van der Waals surface area (Å²) in [4.78, 5) is 40.9. The van der Waals surface area contributed by atoms with E-state index in [1.165, 1.54) is 10.2 Å². The predicted molar refractivity (Wildman–Crippen MR) is 131 cm³/mol. The lowest BCUT2D eigenvalue weighted by molar-refractivity contribution is -0.128. The molecule has 0 radical (unpaired) electrons. The highest BCUT2D eigenvalue weighted by molar-refractivity contribution is 5.99. The Morgan fingerprint density at radius 1 is 1.12 bits per heavy atom. The van der Waals surface area contributed by atoms with Gasteiger partial charge in [0, 0.05) is 6.54 Å². The molecule has 1 aromatic carbocycles. The Labute approximate surface area is 201 Å². The minimum atomic E-state index is -0.782. The average molecular weight is 471 g/mol. The van der Waals surface area contributed by atoms with E-state index in [1.54, 1.807) is 0 Å². The molecule has 34 heavy (non-hydrogen) atoms. The van der Waals surface area contributed by atoms with Crippen LogP contribution in [0.3, 0.4) is 0 Å². The second-order valence-corrected chi connectivity index (χ2v) is 10.1. The lowest BCUT2D eigenvalue weighted by Crippen LogP contribution is -2.54. The van der Waals surface area contributed by atoms with Crippen LogP contribution in [0.4, 0.5) is 0 Å². The second kappa shape index (κ2) is 12.1. The van der Waals surface area contributed by atoms with E-state index in [1.807, 2.05) is 45.9 Å². The van der Waals surface area contributed by atoms with E-state index < -0.39 is 17.6 Å². The predicted octanol–water partition coefficient (Wildman–Crippen LogP) is 3.30. The number of Topliss-reactive ketones (excluding diaryl/α,β-unsaturated/α-hetero) is 1. The van der Waals surface area contributed by atoms with Gasteiger partial charge in [0.2, 0.25) is 11.7 Å². The third-order valence-corrected chi connectivity index (χ3v) is 6.14. The largest absolute Gasteiger partial charge is 0.437 e. The quantitative estimate of drug-likeness (QED) is 0.506. The molecule has 2 aromatic rings. The van der Waals surface area contributed by atoms with Crippen LogP contribution in [0, 0.1) is 11.8 Å². The molecule has 0 spiro atoms. The molecule has 8 nitrogen and oxygen atoms in total. The van der Waals surface area contributed by atoms with Crippen LogP contribution in [0.1, 0.15) is 69.6 Å². The Kier molecular flexibility index (Phi) is 9.21. The molecule has 1 fully saturated rings. The maximum atomic E-state index is 13.3. The summed E-state index contributed by atoms with van der Waals surface area (Å²) in [7, 11) is 0. The number of amides is 1. The minimum Gasteiger partial charge on any atom is -0.384 e. The molecule has 1 N–H and O–H groups in total. The van der Waals surface area contributed by atoms with Gasteiger partial charge < -0.3 is 9.73 Å². The summed E-state index contributed by atoms with van der Waals surface area (Å²) in [6.45, 7) is 9.92. The summed E-state index contributed by atoms with van der Waals surface area (Å²) in [5.41, 5.74) is 1.24. The molecule has 1 saturated heterocycles. The first kappa shape index (κ1) is 25.9. The van der Waals surface area contributed by atoms with Crippen LogP contribution >= 0.6 is 0 Å². The highest BCUT2D eigenvalue weighted by Crippen LogP contribution is 2.19. The number of rotatable bonds is 11. The fourth-order valence-electron chi connectivity index (χ4n) is 4.46. The normalized spacial score (nSPS) is 17.8. The summed E-state index contributed by atoms with van der Waals surface area (Å²) in [6.07, 6.45) is 4.13. The van der Waals surface area contributed by atoms with E-state index in [2.05, 4.69) is 27.4 Å². The average Bonchev–Trinajstić information content (AvgIpc) is 3.16. The van der Waals surface area contributed by atoms with Crippen LogP contribution in [0.25, 0.3) is 0 Å². The van der Waals surface area contributed by atoms with Gasteiger partial charge in [-0.25, -0.2) is 4.79 Å². The lowest BCUT2D eigenvalue weighted by atomic mass is 9.97. The highest BCUT2D eigenvalue weighted by atomic mass is 16.4. The number of benzene rings is 1. The number of hydrogen-bond donors (Lipinski definition) is 1. The fourth-order valence-corrected chi connectivity index (χ4v) is 4.46. The van der Waals surface area contributed by atoms with Gasteiger partial charge in [-0.1, -0.05) is 64.4 Å². The first-order valence-corrected chi connectivity index (χ1v) is 12.4. The van der Waals surface area contributed by atoms with E-state index >= 15 is 0 Å². The third-order valence-electron chi connectivity index (χ3n) is 6.14. The van der Waals surface area contributed by atoms with Crippen LogP contribution in [0.15, 0.2) is 39.5 Å². The van der Waals surface area contributed by atoms with Crippen molar-refractivity contribution in [3.8, 4) is 0 Å². The number of hydrogen-bond acceptors (Lipinski definition) is 6. The number of likely N-dealkylation sites (tertiary alicyclic amines) is 1. The number of piperidine rings is 1. The van der Waals surface area contributed by atoms with Crippen molar-refractivity contribution in [3.05, 3.63) is 52.3 Å². The molecule has 8 heteroatoms. The zero-order valence-corrected chi connectivity index (χ0v) is 20.8. The van der Waals surface area contributed by atoms with Crippen molar-refractivity contribution in [2.75, 3.05) is 13.1 Å². The van der Waals surface area contributed by atoms with Gasteiger partial charge >= 0.3 is 5.76 Å². The van der Waals surface area contributed by atoms with Crippen LogP contribution in [0.5, 0.6) is 0 Å². The van der Waals surface area contributed by atoms with Gasteiger partial charge in [0.25, 0.3) is 5.89 Å². The molecule has 0 aliphatic carbocycles. The molecule has 2 heterocycles. The zero-order chi connectivity index (χ0) is 24.7. The first-order chi connectivity index (χ1) is 16.2. The molecule has 0 unspecified atom stereocenters. The van der Waals surface area contributed by atoms with Crippen LogP contribution in [-0.2, 0) is 17.8 Å². The molecule has 3 rings (SSSR count). The van der Waals surface area contributed by atoms with Crippen molar-refractivity contribution in [2.45, 2.75) is 78.4 Å². The van der Waals surface area contributed by atoms with Gasteiger partial charge in [0.05, 0.1) is 18.6 Å². The van der Waals surface area contributed by atoms with Gasteiger partial charge in [-0.3, -0.25) is 14.5 Å². The summed E-state index contributed by atoms with van der Waals surface area (Å²) in [5, 5.41) is 7.07. The van der Waals surface area contributed by atoms with Gasteiger partial charge in [-0.05, 0) is 49.6 Å². The Hall–Kier alpha value is -2.74. The topological polar surface area (TPSA) is 97.4 Å². The summed E-state index contributed by atoms with van der Waals surface area (Å²) in [6, 6.07) is 9.20. The van der Waals surface area contributed by atoms with E-state index in [0.717, 1.165) is 38.8 Å². The number of carbonyl (C=O) groups is 2. The standard InChI is InChI=1S/C26H38N4O4/c1-18(2)16-21(23(31)25-28-30(17-19(3)4)26(33)34-25)27-24(32)22-12-8-9-14-29(22)15-13-20-10-6-5-7-11-20/h5-7,10-11,18-19,21-22H,8-9,12-17H2,1-4H3,(H,27,32)/t21-,22-/m0/s1. The molecule has 0 bridgehead atoms. The summed E-state index contributed by atoms with van der Waals surface area (Å²) in [5.74, 6) is -1.12. The molecular formula is C26H38N4O4. The molecule has 1 amide bonds. The summed E-state index contributed by atoms with van der Waals surface area (Å²) >= 11 is 0. The zero-order valence-electron chi connectivity index (χ0n) is 20.8. The van der Waals surface area contributed by atoms with Gasteiger partial charge in [-0.15, -0.1) is 5.10 Å². The molecule has 0 saturated carbocycles. The van der Waals surface area contributed by atoms with Crippen molar-refractivity contribution in [1.29, 1.82) is 0 Å².